The lowest BCUT2D eigenvalue weighted by atomic mass is 10.3. The highest BCUT2D eigenvalue weighted by molar-refractivity contribution is 7.90. The third-order valence-electron chi connectivity index (χ3n) is 3.51. The Morgan fingerprint density at radius 1 is 1.08 bits per heavy atom. The molecule has 1 heterocycles. The first-order chi connectivity index (χ1) is 11.4. The molecule has 1 aromatic heterocycles. The maximum atomic E-state index is 11.6. The monoisotopic (exact) mass is 347 g/mol. The average Bonchev–Trinajstić information content (AvgIpc) is 2.93. The predicted octanol–water partition coefficient (Wildman–Crippen LogP) is 2.73. The van der Waals surface area contributed by atoms with Crippen LogP contribution in [0.4, 0.5) is 11.6 Å². The number of nitrogens with one attached hydrogen (secondary N) is 2. The summed E-state index contributed by atoms with van der Waals surface area (Å²) in [6.45, 7) is 0. The van der Waals surface area contributed by atoms with Crippen LogP contribution in [0.1, 0.15) is 0 Å². The molecule has 0 unspecified atom stereocenters. The normalized spacial score (nSPS) is 11.5. The Kier molecular flexibility index (Phi) is 4.06. The summed E-state index contributed by atoms with van der Waals surface area (Å²) < 4.78 is 33.8. The lowest BCUT2D eigenvalue weighted by molar-refractivity contribution is 0.356. The van der Waals surface area contributed by atoms with Crippen LogP contribution in [-0.4, -0.2) is 38.9 Å². The molecule has 126 valence electrons. The highest BCUT2D eigenvalue weighted by atomic mass is 32.2. The van der Waals surface area contributed by atoms with E-state index in [1.165, 1.54) is 6.26 Å². The molecule has 0 bridgehead atoms. The quantitative estimate of drug-likeness (QED) is 0.737. The van der Waals surface area contributed by atoms with E-state index in [4.69, 9.17) is 9.47 Å². The zero-order valence-corrected chi connectivity index (χ0v) is 14.3. The molecule has 0 aliphatic heterocycles. The molecule has 0 radical (unpaired) electrons. The molecule has 0 amide bonds. The van der Waals surface area contributed by atoms with Gasteiger partial charge >= 0.3 is 0 Å². The van der Waals surface area contributed by atoms with E-state index in [0.29, 0.717) is 28.7 Å². The summed E-state index contributed by atoms with van der Waals surface area (Å²) in [4.78, 5) is 7.80. The van der Waals surface area contributed by atoms with Gasteiger partial charge in [0.05, 0.1) is 30.1 Å². The van der Waals surface area contributed by atoms with E-state index in [1.54, 1.807) is 50.6 Å². The predicted molar refractivity (Wildman–Crippen MR) is 92.0 cm³/mol. The largest absolute Gasteiger partial charge is 0.493 e. The highest BCUT2D eigenvalue weighted by Gasteiger charge is 2.11. The Morgan fingerprint density at radius 2 is 1.79 bits per heavy atom. The minimum atomic E-state index is -3.26. The van der Waals surface area contributed by atoms with Crippen molar-refractivity contribution >= 4 is 32.5 Å². The van der Waals surface area contributed by atoms with Gasteiger partial charge in [0.1, 0.15) is 0 Å². The maximum absolute atomic E-state index is 11.6. The van der Waals surface area contributed by atoms with Gasteiger partial charge < -0.3 is 19.8 Å². The van der Waals surface area contributed by atoms with Crippen LogP contribution in [0, 0.1) is 0 Å². The van der Waals surface area contributed by atoms with Crippen LogP contribution in [0.2, 0.25) is 0 Å². The van der Waals surface area contributed by atoms with Crippen molar-refractivity contribution in [2.45, 2.75) is 4.90 Å². The summed E-state index contributed by atoms with van der Waals surface area (Å²) in [5.41, 5.74) is 2.10. The number of ether oxygens (including phenoxy) is 2. The Balaban J connectivity index is 1.96. The number of H-pyrrole nitrogens is 1. The number of methoxy groups -OCH3 is 2. The van der Waals surface area contributed by atoms with Gasteiger partial charge in [0.2, 0.25) is 5.95 Å². The van der Waals surface area contributed by atoms with Crippen molar-refractivity contribution in [3.05, 3.63) is 36.4 Å². The Labute approximate surface area is 139 Å². The highest BCUT2D eigenvalue weighted by Crippen LogP contribution is 2.32. The van der Waals surface area contributed by atoms with Crippen molar-refractivity contribution in [2.24, 2.45) is 0 Å². The molecule has 0 atom stereocenters. The minimum Gasteiger partial charge on any atom is -0.493 e. The van der Waals surface area contributed by atoms with Crippen LogP contribution in [0.15, 0.2) is 41.3 Å². The molecule has 0 spiro atoms. The van der Waals surface area contributed by atoms with E-state index in [0.717, 1.165) is 5.52 Å². The third kappa shape index (κ3) is 3.13. The summed E-state index contributed by atoms with van der Waals surface area (Å²) in [7, 11) is -0.137. The summed E-state index contributed by atoms with van der Waals surface area (Å²) >= 11 is 0. The fourth-order valence-electron chi connectivity index (χ4n) is 2.34. The van der Waals surface area contributed by atoms with Crippen molar-refractivity contribution in [2.75, 3.05) is 25.8 Å². The number of anilines is 2. The fourth-order valence-corrected chi connectivity index (χ4v) is 3.00. The number of nitrogens with zero attached hydrogens (tertiary/aromatic N) is 1. The van der Waals surface area contributed by atoms with E-state index in [2.05, 4.69) is 15.3 Å². The lowest BCUT2D eigenvalue weighted by Crippen LogP contribution is -1.99. The van der Waals surface area contributed by atoms with Crippen LogP contribution in [0.25, 0.3) is 11.0 Å². The summed E-state index contributed by atoms with van der Waals surface area (Å²) in [5.74, 6) is 1.67. The van der Waals surface area contributed by atoms with E-state index < -0.39 is 9.84 Å². The third-order valence-corrected chi connectivity index (χ3v) is 4.62. The van der Waals surface area contributed by atoms with Crippen molar-refractivity contribution in [3.8, 4) is 11.5 Å². The number of imidazole rings is 1. The van der Waals surface area contributed by atoms with Crippen LogP contribution in [-0.2, 0) is 9.84 Å². The van der Waals surface area contributed by atoms with Gasteiger partial charge in [-0.1, -0.05) is 6.07 Å². The Bertz CT molecular complexity index is 955. The molecule has 0 fully saturated rings. The molecule has 0 saturated heterocycles. The smallest absolute Gasteiger partial charge is 0.205 e. The van der Waals surface area contributed by atoms with Gasteiger partial charge in [-0.25, -0.2) is 13.4 Å². The Morgan fingerprint density at radius 3 is 2.46 bits per heavy atom. The number of aromatic nitrogens is 2. The molecule has 7 nitrogen and oxygen atoms in total. The summed E-state index contributed by atoms with van der Waals surface area (Å²) in [6, 6.07) is 10.1. The molecule has 8 heteroatoms. The van der Waals surface area contributed by atoms with E-state index >= 15 is 0 Å². The van der Waals surface area contributed by atoms with Crippen LogP contribution < -0.4 is 14.8 Å². The second kappa shape index (κ2) is 6.04. The number of hydrogen-bond donors (Lipinski definition) is 2. The minimum absolute atomic E-state index is 0.243. The molecule has 2 aromatic carbocycles. The molecule has 0 saturated carbocycles. The maximum Gasteiger partial charge on any atom is 0.205 e. The van der Waals surface area contributed by atoms with Crippen molar-refractivity contribution in [1.82, 2.24) is 9.97 Å². The zero-order chi connectivity index (χ0) is 17.3. The van der Waals surface area contributed by atoms with Gasteiger partial charge in [-0.05, 0) is 18.2 Å². The van der Waals surface area contributed by atoms with Gasteiger partial charge in [-0.15, -0.1) is 0 Å². The lowest BCUT2D eigenvalue weighted by Gasteiger charge is -2.06. The van der Waals surface area contributed by atoms with Crippen LogP contribution in [0.3, 0.4) is 0 Å². The standard InChI is InChI=1S/C16H17N3O4S/c1-22-14-8-12-13(9-15(14)23-2)19-16(18-12)17-10-5-4-6-11(7-10)24(3,20)21/h4-9H,1-3H3,(H2,17,18,19). The molecular weight excluding hydrogens is 330 g/mol. The molecular formula is C16H17N3O4S. The van der Waals surface area contributed by atoms with Crippen LogP contribution in [0.5, 0.6) is 11.5 Å². The van der Waals surface area contributed by atoms with Gasteiger partial charge in [0.25, 0.3) is 0 Å². The molecule has 2 N–H and O–H groups in total. The number of fused-ring (bicyclic) bond motifs is 1. The first-order valence-corrected chi connectivity index (χ1v) is 8.99. The van der Waals surface area contributed by atoms with Gasteiger partial charge in [-0.3, -0.25) is 0 Å². The summed E-state index contributed by atoms with van der Waals surface area (Å²) in [6.07, 6.45) is 1.17. The number of aromatic amines is 1. The Hall–Kier alpha value is -2.74. The van der Waals surface area contributed by atoms with Gasteiger partial charge in [0, 0.05) is 24.1 Å². The van der Waals surface area contributed by atoms with E-state index in [9.17, 15) is 8.42 Å². The number of rotatable bonds is 5. The first kappa shape index (κ1) is 16.1. The van der Waals surface area contributed by atoms with Gasteiger partial charge in [-0.2, -0.15) is 0 Å². The van der Waals surface area contributed by atoms with Crippen molar-refractivity contribution in [3.63, 3.8) is 0 Å². The number of benzene rings is 2. The number of sulfone groups is 1. The van der Waals surface area contributed by atoms with Crippen molar-refractivity contribution in [1.29, 1.82) is 0 Å². The molecule has 0 aliphatic carbocycles. The second-order valence-electron chi connectivity index (χ2n) is 5.23. The SMILES string of the molecule is COc1cc2nc(Nc3cccc(S(C)(=O)=O)c3)[nH]c2cc1OC. The second-order valence-corrected chi connectivity index (χ2v) is 7.25. The van der Waals surface area contributed by atoms with E-state index in [1.807, 2.05) is 0 Å². The fraction of sp³-hybridized carbons (Fsp3) is 0.188. The van der Waals surface area contributed by atoms with Gasteiger partial charge in [0.15, 0.2) is 21.3 Å². The molecule has 3 aromatic rings. The van der Waals surface area contributed by atoms with Crippen molar-refractivity contribution < 1.29 is 17.9 Å². The molecule has 0 aliphatic rings. The molecule has 3 rings (SSSR count). The van der Waals surface area contributed by atoms with E-state index in [-0.39, 0.29) is 4.90 Å². The zero-order valence-electron chi connectivity index (χ0n) is 13.5. The average molecular weight is 347 g/mol. The van der Waals surface area contributed by atoms with Crippen LogP contribution >= 0.6 is 0 Å². The first-order valence-electron chi connectivity index (χ1n) is 7.09. The topological polar surface area (TPSA) is 93.3 Å². The summed E-state index contributed by atoms with van der Waals surface area (Å²) in [5, 5.41) is 3.07. The number of hydrogen-bond acceptors (Lipinski definition) is 6. The molecule has 24 heavy (non-hydrogen) atoms.